The van der Waals surface area contributed by atoms with Crippen LogP contribution in [0, 0.1) is 5.92 Å². The first-order chi connectivity index (χ1) is 9.40. The molecule has 0 bridgehead atoms. The molecule has 0 radical (unpaired) electrons. The number of thioether (sulfide) groups is 1. The molecule has 0 aliphatic carbocycles. The quantitative estimate of drug-likeness (QED) is 0.618. The SMILES string of the molecule is CC(=O)c1ccc(SC(C)C(=O)NCCC(C)C)cc1. The van der Waals surface area contributed by atoms with Crippen LogP contribution in [-0.2, 0) is 4.79 Å². The normalized spacial score (nSPS) is 12.2. The van der Waals surface area contributed by atoms with Gasteiger partial charge in [0.15, 0.2) is 5.78 Å². The number of Topliss-reactive ketones (excluding diaryl/α,β-unsaturated/α-hetero) is 1. The van der Waals surface area contributed by atoms with E-state index in [1.807, 2.05) is 19.1 Å². The molecule has 0 fully saturated rings. The lowest BCUT2D eigenvalue weighted by Gasteiger charge is -2.13. The van der Waals surface area contributed by atoms with Crippen LogP contribution in [0.2, 0.25) is 0 Å². The van der Waals surface area contributed by atoms with Gasteiger partial charge >= 0.3 is 0 Å². The summed E-state index contributed by atoms with van der Waals surface area (Å²) in [6.45, 7) is 8.45. The Balaban J connectivity index is 2.46. The predicted octanol–water partition coefficient (Wildman–Crippen LogP) is 3.53. The van der Waals surface area contributed by atoms with Crippen molar-refractivity contribution >= 4 is 23.5 Å². The van der Waals surface area contributed by atoms with Crippen molar-refractivity contribution in [1.82, 2.24) is 5.32 Å². The highest BCUT2D eigenvalue weighted by Crippen LogP contribution is 2.23. The maximum Gasteiger partial charge on any atom is 0.233 e. The summed E-state index contributed by atoms with van der Waals surface area (Å²) in [6.07, 6.45) is 0.996. The number of hydrogen-bond donors (Lipinski definition) is 1. The van der Waals surface area contributed by atoms with E-state index in [2.05, 4.69) is 19.2 Å². The molecule has 1 aromatic carbocycles. The van der Waals surface area contributed by atoms with E-state index in [-0.39, 0.29) is 16.9 Å². The van der Waals surface area contributed by atoms with Crippen LogP contribution in [0.4, 0.5) is 0 Å². The molecule has 0 aliphatic heterocycles. The molecule has 0 spiro atoms. The van der Waals surface area contributed by atoms with Gasteiger partial charge in [-0.25, -0.2) is 0 Å². The van der Waals surface area contributed by atoms with Crippen molar-refractivity contribution in [2.24, 2.45) is 5.92 Å². The average molecular weight is 293 g/mol. The molecule has 20 heavy (non-hydrogen) atoms. The van der Waals surface area contributed by atoms with Crippen LogP contribution in [0.5, 0.6) is 0 Å². The number of carbonyl (C=O) groups excluding carboxylic acids is 2. The fraction of sp³-hybridized carbons (Fsp3) is 0.500. The van der Waals surface area contributed by atoms with Crippen LogP contribution in [0.1, 0.15) is 44.5 Å². The van der Waals surface area contributed by atoms with Crippen molar-refractivity contribution in [2.45, 2.75) is 44.3 Å². The highest BCUT2D eigenvalue weighted by Gasteiger charge is 2.14. The topological polar surface area (TPSA) is 46.2 Å². The Labute approximate surface area is 125 Å². The van der Waals surface area contributed by atoms with E-state index in [0.29, 0.717) is 11.5 Å². The van der Waals surface area contributed by atoms with Gasteiger partial charge in [0.25, 0.3) is 0 Å². The second-order valence-electron chi connectivity index (χ2n) is 5.31. The van der Waals surface area contributed by atoms with Crippen molar-refractivity contribution in [3.05, 3.63) is 29.8 Å². The molecule has 0 saturated carbocycles. The van der Waals surface area contributed by atoms with Crippen LogP contribution in [-0.4, -0.2) is 23.5 Å². The molecule has 0 heterocycles. The van der Waals surface area contributed by atoms with E-state index in [4.69, 9.17) is 0 Å². The van der Waals surface area contributed by atoms with Crippen molar-refractivity contribution in [2.75, 3.05) is 6.54 Å². The average Bonchev–Trinajstić information content (AvgIpc) is 2.38. The Hall–Kier alpha value is -1.29. The lowest BCUT2D eigenvalue weighted by Crippen LogP contribution is -2.32. The maximum absolute atomic E-state index is 11.9. The van der Waals surface area contributed by atoms with Gasteiger partial charge < -0.3 is 5.32 Å². The summed E-state index contributed by atoms with van der Waals surface area (Å²) in [5.74, 6) is 0.713. The van der Waals surface area contributed by atoms with Gasteiger partial charge in [-0.2, -0.15) is 0 Å². The monoisotopic (exact) mass is 293 g/mol. The van der Waals surface area contributed by atoms with E-state index in [9.17, 15) is 9.59 Å². The molecule has 1 unspecified atom stereocenters. The van der Waals surface area contributed by atoms with Crippen LogP contribution in [0.25, 0.3) is 0 Å². The van der Waals surface area contributed by atoms with E-state index >= 15 is 0 Å². The number of rotatable bonds is 7. The minimum atomic E-state index is -0.134. The summed E-state index contributed by atoms with van der Waals surface area (Å²) in [5, 5.41) is 2.82. The maximum atomic E-state index is 11.9. The molecular weight excluding hydrogens is 270 g/mol. The molecule has 1 atom stereocenters. The second-order valence-corrected chi connectivity index (χ2v) is 6.73. The summed E-state index contributed by atoms with van der Waals surface area (Å²) < 4.78 is 0. The first-order valence-electron chi connectivity index (χ1n) is 6.95. The third kappa shape index (κ3) is 5.78. The number of carbonyl (C=O) groups is 2. The van der Waals surface area contributed by atoms with E-state index in [0.717, 1.165) is 17.9 Å². The fourth-order valence-corrected chi connectivity index (χ4v) is 2.55. The first-order valence-corrected chi connectivity index (χ1v) is 7.83. The Morgan fingerprint density at radius 1 is 1.15 bits per heavy atom. The standard InChI is InChI=1S/C16H23NO2S/c1-11(2)9-10-17-16(19)13(4)20-15-7-5-14(6-8-15)12(3)18/h5-8,11,13H,9-10H2,1-4H3,(H,17,19). The van der Waals surface area contributed by atoms with Gasteiger partial charge in [0.05, 0.1) is 5.25 Å². The molecule has 4 heteroatoms. The fourth-order valence-electron chi connectivity index (χ4n) is 1.65. The van der Waals surface area contributed by atoms with Crippen molar-refractivity contribution in [3.8, 4) is 0 Å². The zero-order valence-electron chi connectivity index (χ0n) is 12.6. The molecule has 110 valence electrons. The smallest absolute Gasteiger partial charge is 0.233 e. The Morgan fingerprint density at radius 3 is 2.25 bits per heavy atom. The van der Waals surface area contributed by atoms with E-state index in [1.54, 1.807) is 19.1 Å². The summed E-state index contributed by atoms with van der Waals surface area (Å²) >= 11 is 1.51. The number of amides is 1. The lowest BCUT2D eigenvalue weighted by atomic mass is 10.1. The summed E-state index contributed by atoms with van der Waals surface area (Å²) in [5.41, 5.74) is 0.698. The molecule has 1 N–H and O–H groups in total. The number of ketones is 1. The van der Waals surface area contributed by atoms with Crippen LogP contribution in [0.3, 0.4) is 0 Å². The van der Waals surface area contributed by atoms with Gasteiger partial charge in [0.1, 0.15) is 0 Å². The van der Waals surface area contributed by atoms with Crippen molar-refractivity contribution in [3.63, 3.8) is 0 Å². The van der Waals surface area contributed by atoms with E-state index < -0.39 is 0 Å². The predicted molar refractivity (Wildman–Crippen MR) is 84.2 cm³/mol. The van der Waals surface area contributed by atoms with Gasteiger partial charge in [-0.05, 0) is 38.3 Å². The zero-order chi connectivity index (χ0) is 15.1. The molecule has 0 saturated heterocycles. The number of nitrogens with one attached hydrogen (secondary N) is 1. The van der Waals surface area contributed by atoms with Gasteiger partial charge in [-0.1, -0.05) is 26.0 Å². The molecule has 0 aliphatic rings. The van der Waals surface area contributed by atoms with Gasteiger partial charge in [-0.3, -0.25) is 9.59 Å². The third-order valence-corrected chi connectivity index (χ3v) is 4.08. The molecule has 1 rings (SSSR count). The largest absolute Gasteiger partial charge is 0.355 e. The van der Waals surface area contributed by atoms with Crippen molar-refractivity contribution < 1.29 is 9.59 Å². The molecule has 0 aromatic heterocycles. The molecule has 3 nitrogen and oxygen atoms in total. The molecule has 1 aromatic rings. The number of hydrogen-bond acceptors (Lipinski definition) is 3. The van der Waals surface area contributed by atoms with Crippen LogP contribution >= 0.6 is 11.8 Å². The highest BCUT2D eigenvalue weighted by atomic mass is 32.2. The summed E-state index contributed by atoms with van der Waals surface area (Å²) in [7, 11) is 0. The van der Waals surface area contributed by atoms with Gasteiger partial charge in [0.2, 0.25) is 5.91 Å². The summed E-state index contributed by atoms with van der Waals surface area (Å²) in [6, 6.07) is 7.38. The van der Waals surface area contributed by atoms with Crippen molar-refractivity contribution in [1.29, 1.82) is 0 Å². The van der Waals surface area contributed by atoms with Crippen LogP contribution in [0.15, 0.2) is 29.2 Å². The minimum Gasteiger partial charge on any atom is -0.355 e. The highest BCUT2D eigenvalue weighted by molar-refractivity contribution is 8.00. The number of benzene rings is 1. The Bertz CT molecular complexity index is 454. The zero-order valence-corrected chi connectivity index (χ0v) is 13.4. The first kappa shape index (κ1) is 16.8. The summed E-state index contributed by atoms with van der Waals surface area (Å²) in [4.78, 5) is 24.1. The second kappa shape index (κ2) is 8.10. The van der Waals surface area contributed by atoms with Crippen LogP contribution < -0.4 is 5.32 Å². The van der Waals surface area contributed by atoms with Gasteiger partial charge in [-0.15, -0.1) is 11.8 Å². The molecular formula is C16H23NO2S. The lowest BCUT2D eigenvalue weighted by molar-refractivity contribution is -0.120. The molecule has 1 amide bonds. The Kier molecular flexibility index (Phi) is 6.79. The minimum absolute atomic E-state index is 0.0565. The third-order valence-electron chi connectivity index (χ3n) is 2.96. The van der Waals surface area contributed by atoms with Gasteiger partial charge in [0, 0.05) is 17.0 Å². The van der Waals surface area contributed by atoms with E-state index in [1.165, 1.54) is 11.8 Å². The Morgan fingerprint density at radius 2 is 1.75 bits per heavy atom.